The smallest absolute Gasteiger partial charge is 0.307 e. The maximum absolute atomic E-state index is 12.2. The summed E-state index contributed by atoms with van der Waals surface area (Å²) in [5, 5.41) is 8.86. The lowest BCUT2D eigenvalue weighted by Gasteiger charge is -2.37. The van der Waals surface area contributed by atoms with E-state index < -0.39 is 11.9 Å². The number of carboxylic acids is 1. The predicted octanol–water partition coefficient (Wildman–Crippen LogP) is 0.487. The number of fused-ring (bicyclic) bond motifs is 1. The van der Waals surface area contributed by atoms with Gasteiger partial charge < -0.3 is 14.7 Å². The molecule has 1 aliphatic heterocycles. The van der Waals surface area contributed by atoms with Gasteiger partial charge in [0.05, 0.1) is 30.6 Å². The predicted molar refractivity (Wildman–Crippen MR) is 58.3 cm³/mol. The van der Waals surface area contributed by atoms with Crippen LogP contribution < -0.4 is 0 Å². The van der Waals surface area contributed by atoms with Crippen molar-refractivity contribution in [2.45, 2.75) is 37.8 Å². The second kappa shape index (κ2) is 3.98. The van der Waals surface area contributed by atoms with E-state index in [0.29, 0.717) is 19.6 Å². The van der Waals surface area contributed by atoms with Gasteiger partial charge in [-0.1, -0.05) is 0 Å². The van der Waals surface area contributed by atoms with E-state index in [9.17, 15) is 9.59 Å². The van der Waals surface area contributed by atoms with E-state index >= 15 is 0 Å². The van der Waals surface area contributed by atoms with Crippen molar-refractivity contribution < 1.29 is 19.4 Å². The van der Waals surface area contributed by atoms with Crippen molar-refractivity contribution >= 4 is 11.9 Å². The molecule has 4 unspecified atom stereocenters. The standard InChI is InChI=1S/C12H17NO4/c14-11(7-6-8(7)12(15)16)13-4-5-17-10-3-1-2-9(10)13/h7-10H,1-6H2,(H,15,16). The van der Waals surface area contributed by atoms with E-state index in [0.717, 1.165) is 19.3 Å². The molecule has 4 atom stereocenters. The molecule has 1 saturated heterocycles. The highest BCUT2D eigenvalue weighted by Gasteiger charge is 2.52. The Hall–Kier alpha value is -1.10. The van der Waals surface area contributed by atoms with Crippen molar-refractivity contribution in [2.75, 3.05) is 13.2 Å². The molecule has 17 heavy (non-hydrogen) atoms. The number of carbonyl (C=O) groups excluding carboxylic acids is 1. The van der Waals surface area contributed by atoms with Crippen molar-refractivity contribution in [3.05, 3.63) is 0 Å². The quantitative estimate of drug-likeness (QED) is 0.761. The number of ether oxygens (including phenoxy) is 1. The molecule has 94 valence electrons. The van der Waals surface area contributed by atoms with Crippen molar-refractivity contribution in [3.63, 3.8) is 0 Å². The van der Waals surface area contributed by atoms with Crippen LogP contribution >= 0.6 is 0 Å². The first-order valence-electron chi connectivity index (χ1n) is 6.33. The van der Waals surface area contributed by atoms with Crippen LogP contribution in [0.15, 0.2) is 0 Å². The maximum Gasteiger partial charge on any atom is 0.307 e. The topological polar surface area (TPSA) is 66.8 Å². The van der Waals surface area contributed by atoms with E-state index in [1.807, 2.05) is 4.90 Å². The number of hydrogen-bond acceptors (Lipinski definition) is 3. The molecule has 2 aliphatic carbocycles. The summed E-state index contributed by atoms with van der Waals surface area (Å²) in [6.07, 6.45) is 3.84. The van der Waals surface area contributed by atoms with Crippen LogP contribution in [-0.2, 0) is 14.3 Å². The molecule has 1 N–H and O–H groups in total. The number of carboxylic acid groups (broad SMARTS) is 1. The minimum atomic E-state index is -0.834. The minimum Gasteiger partial charge on any atom is -0.481 e. The molecular formula is C12H17NO4. The summed E-state index contributed by atoms with van der Waals surface area (Å²) in [6, 6.07) is 0.200. The van der Waals surface area contributed by atoms with Gasteiger partial charge >= 0.3 is 5.97 Å². The van der Waals surface area contributed by atoms with E-state index in [1.165, 1.54) is 0 Å². The molecule has 0 spiro atoms. The number of amides is 1. The third kappa shape index (κ3) is 1.82. The highest BCUT2D eigenvalue weighted by molar-refractivity contribution is 5.89. The first kappa shape index (κ1) is 11.0. The molecule has 2 saturated carbocycles. The van der Waals surface area contributed by atoms with E-state index in [2.05, 4.69) is 0 Å². The number of carbonyl (C=O) groups is 2. The Kier molecular flexibility index (Phi) is 2.58. The van der Waals surface area contributed by atoms with Crippen LogP contribution in [0.3, 0.4) is 0 Å². The van der Waals surface area contributed by atoms with E-state index in [4.69, 9.17) is 9.84 Å². The molecule has 5 heteroatoms. The van der Waals surface area contributed by atoms with Gasteiger partial charge in [-0.3, -0.25) is 9.59 Å². The van der Waals surface area contributed by atoms with Crippen molar-refractivity contribution in [3.8, 4) is 0 Å². The number of rotatable bonds is 2. The van der Waals surface area contributed by atoms with Crippen LogP contribution in [0.25, 0.3) is 0 Å². The van der Waals surface area contributed by atoms with Crippen LogP contribution in [-0.4, -0.2) is 47.2 Å². The van der Waals surface area contributed by atoms with Gasteiger partial charge in [0.15, 0.2) is 0 Å². The Morgan fingerprint density at radius 3 is 2.76 bits per heavy atom. The molecule has 3 rings (SSSR count). The fourth-order valence-corrected chi connectivity index (χ4v) is 3.15. The zero-order chi connectivity index (χ0) is 12.0. The Morgan fingerprint density at radius 2 is 2.06 bits per heavy atom. The Morgan fingerprint density at radius 1 is 1.24 bits per heavy atom. The zero-order valence-corrected chi connectivity index (χ0v) is 9.67. The summed E-state index contributed by atoms with van der Waals surface area (Å²) >= 11 is 0. The highest BCUT2D eigenvalue weighted by atomic mass is 16.5. The van der Waals surface area contributed by atoms with E-state index in [-0.39, 0.29) is 24.0 Å². The monoisotopic (exact) mass is 239 g/mol. The molecular weight excluding hydrogens is 222 g/mol. The van der Waals surface area contributed by atoms with Gasteiger partial charge in [0.25, 0.3) is 0 Å². The minimum absolute atomic E-state index is 0.0394. The zero-order valence-electron chi connectivity index (χ0n) is 9.67. The van der Waals surface area contributed by atoms with Gasteiger partial charge in [-0.05, 0) is 25.7 Å². The molecule has 3 aliphatic rings. The Balaban J connectivity index is 1.67. The second-order valence-corrected chi connectivity index (χ2v) is 5.23. The van der Waals surface area contributed by atoms with Crippen LogP contribution in [0.4, 0.5) is 0 Å². The Bertz CT molecular complexity index is 356. The summed E-state index contributed by atoms with van der Waals surface area (Å²) in [5.74, 6) is -1.51. The first-order chi connectivity index (χ1) is 8.18. The molecule has 1 heterocycles. The summed E-state index contributed by atoms with van der Waals surface area (Å²) in [7, 11) is 0. The molecule has 5 nitrogen and oxygen atoms in total. The van der Waals surface area contributed by atoms with Gasteiger partial charge in [-0.2, -0.15) is 0 Å². The van der Waals surface area contributed by atoms with Crippen LogP contribution in [0, 0.1) is 11.8 Å². The van der Waals surface area contributed by atoms with Gasteiger partial charge in [0.2, 0.25) is 5.91 Å². The van der Waals surface area contributed by atoms with Gasteiger partial charge in [0.1, 0.15) is 0 Å². The number of morpholine rings is 1. The molecule has 0 bridgehead atoms. The number of aliphatic carboxylic acids is 1. The van der Waals surface area contributed by atoms with Crippen LogP contribution in [0.1, 0.15) is 25.7 Å². The third-order valence-corrected chi connectivity index (χ3v) is 4.19. The van der Waals surface area contributed by atoms with Crippen LogP contribution in [0.2, 0.25) is 0 Å². The normalized spacial score (nSPS) is 39.9. The van der Waals surface area contributed by atoms with Crippen molar-refractivity contribution in [1.29, 1.82) is 0 Å². The summed E-state index contributed by atoms with van der Waals surface area (Å²) in [6.45, 7) is 1.22. The Labute approximate surface area is 99.7 Å². The SMILES string of the molecule is O=C(O)C1CC1C(=O)N1CCOC2CCCC21. The average molecular weight is 239 g/mol. The maximum atomic E-state index is 12.2. The average Bonchev–Trinajstić information content (AvgIpc) is 2.98. The summed E-state index contributed by atoms with van der Waals surface area (Å²) < 4.78 is 5.65. The van der Waals surface area contributed by atoms with Gasteiger partial charge in [-0.15, -0.1) is 0 Å². The fourth-order valence-electron chi connectivity index (χ4n) is 3.15. The molecule has 0 aromatic heterocycles. The number of hydrogen-bond donors (Lipinski definition) is 1. The summed E-state index contributed by atoms with van der Waals surface area (Å²) in [5.41, 5.74) is 0. The fraction of sp³-hybridized carbons (Fsp3) is 0.833. The second-order valence-electron chi connectivity index (χ2n) is 5.23. The van der Waals surface area contributed by atoms with Crippen molar-refractivity contribution in [1.82, 2.24) is 4.90 Å². The lowest BCUT2D eigenvalue weighted by Crippen LogP contribution is -2.52. The molecule has 1 amide bonds. The molecule has 0 aromatic carbocycles. The van der Waals surface area contributed by atoms with E-state index in [1.54, 1.807) is 0 Å². The number of nitrogens with zero attached hydrogens (tertiary/aromatic N) is 1. The highest BCUT2D eigenvalue weighted by Crippen LogP contribution is 2.42. The lowest BCUT2D eigenvalue weighted by atomic mass is 10.1. The van der Waals surface area contributed by atoms with Gasteiger partial charge in [-0.25, -0.2) is 0 Å². The van der Waals surface area contributed by atoms with Gasteiger partial charge in [0, 0.05) is 6.54 Å². The van der Waals surface area contributed by atoms with Crippen molar-refractivity contribution in [2.24, 2.45) is 11.8 Å². The first-order valence-corrected chi connectivity index (χ1v) is 6.33. The largest absolute Gasteiger partial charge is 0.481 e. The molecule has 3 fully saturated rings. The van der Waals surface area contributed by atoms with Crippen LogP contribution in [0.5, 0.6) is 0 Å². The lowest BCUT2D eigenvalue weighted by molar-refractivity contribution is -0.148. The molecule has 0 aromatic rings. The summed E-state index contributed by atoms with van der Waals surface area (Å²) in [4.78, 5) is 24.9. The molecule has 0 radical (unpaired) electrons. The third-order valence-electron chi connectivity index (χ3n) is 4.19.